The molecule has 13 aromatic rings. The number of hydrogen-bond acceptors (Lipinski definition) is 5. The Balaban J connectivity index is 1.02. The number of para-hydroxylation sites is 3. The van der Waals surface area contributed by atoms with E-state index in [4.69, 9.17) is 8.83 Å². The van der Waals surface area contributed by atoms with Gasteiger partial charge >= 0.3 is 0 Å². The molecule has 0 saturated heterocycles. The van der Waals surface area contributed by atoms with Crippen LogP contribution in [-0.2, 0) is 10.8 Å². The number of hydrogen-bond donors (Lipinski definition) is 0. The number of nitrogens with zero attached hydrogens (tertiary/aromatic N) is 3. The van der Waals surface area contributed by atoms with Crippen LogP contribution in [0.2, 0.25) is 0 Å². The number of rotatable bonds is 5. The van der Waals surface area contributed by atoms with E-state index in [-0.39, 0.29) is 17.5 Å². The van der Waals surface area contributed by atoms with Gasteiger partial charge in [0, 0.05) is 73.1 Å². The maximum Gasteiger partial charge on any atom is 0.252 e. The van der Waals surface area contributed by atoms with Gasteiger partial charge in [0.05, 0.1) is 5.69 Å². The number of fused-ring (bicyclic) bond motifs is 13. The van der Waals surface area contributed by atoms with Crippen LogP contribution < -0.4 is 31.1 Å². The summed E-state index contributed by atoms with van der Waals surface area (Å²) in [5.74, 6) is 0. The van der Waals surface area contributed by atoms with Crippen molar-refractivity contribution < 1.29 is 8.83 Å². The molecule has 0 amide bonds. The molecule has 0 unspecified atom stereocenters. The van der Waals surface area contributed by atoms with E-state index in [1.54, 1.807) is 0 Å². The first-order valence-corrected chi connectivity index (χ1v) is 26.6. The molecule has 0 saturated carbocycles. The van der Waals surface area contributed by atoms with E-state index in [1.165, 1.54) is 49.1 Å². The molecular weight excluding hydrogens is 926 g/mol. The first-order valence-electron chi connectivity index (χ1n) is 26.6. The lowest BCUT2D eigenvalue weighted by atomic mass is 9.33. The Morgan fingerprint density at radius 3 is 1.57 bits per heavy atom. The van der Waals surface area contributed by atoms with Gasteiger partial charge < -0.3 is 23.5 Å². The minimum absolute atomic E-state index is 0.0121. The zero-order valence-electron chi connectivity index (χ0n) is 43.5. The van der Waals surface area contributed by atoms with E-state index in [2.05, 4.69) is 275 Å². The van der Waals surface area contributed by atoms with Gasteiger partial charge in [0.15, 0.2) is 5.58 Å². The van der Waals surface area contributed by atoms with E-state index in [1.807, 2.05) is 0 Å². The summed E-state index contributed by atoms with van der Waals surface area (Å²) in [6, 6.07) is 80.7. The summed E-state index contributed by atoms with van der Waals surface area (Å²) in [5, 5.41) is 9.25. The second-order valence-corrected chi connectivity index (χ2v) is 22.9. The lowest BCUT2D eigenvalue weighted by Gasteiger charge is -2.44. The summed E-state index contributed by atoms with van der Waals surface area (Å²) in [5.41, 5.74) is 19.6. The van der Waals surface area contributed by atoms with Crippen molar-refractivity contribution in [3.63, 3.8) is 0 Å². The van der Waals surface area contributed by atoms with Crippen molar-refractivity contribution in [1.82, 2.24) is 0 Å². The van der Waals surface area contributed by atoms with E-state index in [0.717, 1.165) is 95.1 Å². The summed E-state index contributed by atoms with van der Waals surface area (Å²) in [6.45, 7) is 13.6. The number of anilines is 9. The molecular formula is C70H54BN3O2. The summed E-state index contributed by atoms with van der Waals surface area (Å²) in [7, 11) is 0. The molecule has 2 aliphatic heterocycles. The highest BCUT2D eigenvalue weighted by atomic mass is 16.3. The molecule has 6 heteroatoms. The fraction of sp³-hybridized carbons (Fsp3) is 0.114. The molecule has 2 aromatic heterocycles. The van der Waals surface area contributed by atoms with Gasteiger partial charge in [-0.1, -0.05) is 175 Å². The lowest BCUT2D eigenvalue weighted by Crippen LogP contribution is -2.61. The Bertz CT molecular complexity index is 4520. The maximum absolute atomic E-state index is 6.91. The first kappa shape index (κ1) is 44.5. The molecule has 11 aromatic carbocycles. The Morgan fingerprint density at radius 2 is 0.895 bits per heavy atom. The minimum atomic E-state index is -0.113. The molecule has 364 valence electrons. The van der Waals surface area contributed by atoms with Crippen LogP contribution in [-0.4, -0.2) is 6.71 Å². The van der Waals surface area contributed by atoms with Gasteiger partial charge in [-0.2, -0.15) is 0 Å². The van der Waals surface area contributed by atoms with Crippen LogP contribution in [0.3, 0.4) is 0 Å². The third-order valence-corrected chi connectivity index (χ3v) is 16.3. The van der Waals surface area contributed by atoms with Crippen LogP contribution in [0.25, 0.3) is 65.4 Å². The van der Waals surface area contributed by atoms with Crippen LogP contribution in [0.1, 0.15) is 52.7 Å². The smallest absolute Gasteiger partial charge is 0.252 e. The summed E-state index contributed by atoms with van der Waals surface area (Å²) >= 11 is 0. The molecule has 0 radical (unpaired) electrons. The Kier molecular flexibility index (Phi) is 9.51. The Morgan fingerprint density at radius 1 is 0.368 bits per heavy atom. The highest BCUT2D eigenvalue weighted by Gasteiger charge is 2.44. The van der Waals surface area contributed by atoms with Crippen LogP contribution in [0.5, 0.6) is 0 Å². The monoisotopic (exact) mass is 979 g/mol. The minimum Gasteiger partial charge on any atom is -0.456 e. The van der Waals surface area contributed by atoms with Crippen LogP contribution in [0.4, 0.5) is 51.2 Å². The standard InChI is InChI=1S/C70H54BN3O2/c1-69(2,3)45-28-33-47(34-29-45)73-59-20-14-21-60-67(59)71(58-41-56-53-18-10-11-23-64(53)75-66(56)42-63(58)74(60)48-35-30-46(31-36-48)70(4,5)6)57-38-37-50(40-62(57)73)72(61-22-13-19-54-52-17-9-12-24-65(52)76-68(54)61)49-32-27-44-26-25-43-15-7-8-16-51(43)55(44)39-49/h7-42H,1-6H3. The fourth-order valence-corrected chi connectivity index (χ4v) is 12.5. The highest BCUT2D eigenvalue weighted by Crippen LogP contribution is 2.49. The maximum atomic E-state index is 6.91. The molecule has 0 N–H and O–H groups in total. The molecule has 0 atom stereocenters. The van der Waals surface area contributed by atoms with Crippen molar-refractivity contribution in [1.29, 1.82) is 0 Å². The van der Waals surface area contributed by atoms with Gasteiger partial charge in [-0.05, 0) is 139 Å². The van der Waals surface area contributed by atoms with Crippen molar-refractivity contribution in [2.24, 2.45) is 0 Å². The third-order valence-electron chi connectivity index (χ3n) is 16.3. The molecule has 5 nitrogen and oxygen atoms in total. The zero-order valence-corrected chi connectivity index (χ0v) is 43.5. The van der Waals surface area contributed by atoms with Crippen molar-refractivity contribution in [2.45, 2.75) is 52.4 Å². The summed E-state index contributed by atoms with van der Waals surface area (Å²) in [4.78, 5) is 7.41. The highest BCUT2D eigenvalue weighted by molar-refractivity contribution is 7.00. The normalized spacial score (nSPS) is 13.3. The lowest BCUT2D eigenvalue weighted by molar-refractivity contribution is 0.590. The van der Waals surface area contributed by atoms with Crippen molar-refractivity contribution in [3.05, 3.63) is 230 Å². The van der Waals surface area contributed by atoms with Crippen LogP contribution >= 0.6 is 0 Å². The molecule has 0 bridgehead atoms. The van der Waals surface area contributed by atoms with Crippen molar-refractivity contribution in [3.8, 4) is 0 Å². The van der Waals surface area contributed by atoms with E-state index in [0.29, 0.717) is 0 Å². The van der Waals surface area contributed by atoms with Gasteiger partial charge in [-0.15, -0.1) is 0 Å². The first-order chi connectivity index (χ1) is 36.9. The van der Waals surface area contributed by atoms with Gasteiger partial charge in [-0.3, -0.25) is 0 Å². The molecule has 76 heavy (non-hydrogen) atoms. The number of furan rings is 2. The van der Waals surface area contributed by atoms with Crippen molar-refractivity contribution >= 4 is 140 Å². The van der Waals surface area contributed by atoms with Crippen molar-refractivity contribution in [2.75, 3.05) is 14.7 Å². The molecule has 0 spiro atoms. The SMILES string of the molecule is CC(C)(C)c1ccc(N2c3cc(N(c4ccc5ccc6ccccc6c5c4)c4cccc5c4oc4ccccc45)ccc3B3c4cc5c(cc4N(c4ccc(C(C)(C)C)cc4)c4cccc2c43)oc2ccccc25)cc1. The number of benzene rings is 11. The summed E-state index contributed by atoms with van der Waals surface area (Å²) in [6.07, 6.45) is 0. The molecule has 2 aliphatic rings. The molecule has 0 aliphatic carbocycles. The fourth-order valence-electron chi connectivity index (χ4n) is 12.5. The zero-order chi connectivity index (χ0) is 51.2. The van der Waals surface area contributed by atoms with Gasteiger partial charge in [0.2, 0.25) is 0 Å². The van der Waals surface area contributed by atoms with E-state index in [9.17, 15) is 0 Å². The second-order valence-electron chi connectivity index (χ2n) is 22.9. The third kappa shape index (κ3) is 6.72. The average Bonchev–Trinajstić information content (AvgIpc) is 4.01. The molecule has 4 heterocycles. The predicted octanol–water partition coefficient (Wildman–Crippen LogP) is 17.9. The molecule has 0 fully saturated rings. The van der Waals surface area contributed by atoms with E-state index < -0.39 is 0 Å². The average molecular weight is 980 g/mol. The molecule has 15 rings (SSSR count). The summed E-state index contributed by atoms with van der Waals surface area (Å²) < 4.78 is 13.6. The second kappa shape index (κ2) is 16.3. The van der Waals surface area contributed by atoms with Gasteiger partial charge in [0.25, 0.3) is 6.71 Å². The van der Waals surface area contributed by atoms with Crippen LogP contribution in [0.15, 0.2) is 227 Å². The Hall–Kier alpha value is -9.00. The van der Waals surface area contributed by atoms with Crippen LogP contribution in [0, 0.1) is 0 Å². The largest absolute Gasteiger partial charge is 0.456 e. The Labute approximate surface area is 442 Å². The van der Waals surface area contributed by atoms with E-state index >= 15 is 0 Å². The predicted molar refractivity (Wildman–Crippen MR) is 322 cm³/mol. The van der Waals surface area contributed by atoms with Gasteiger partial charge in [0.1, 0.15) is 16.7 Å². The topological polar surface area (TPSA) is 36.0 Å². The van der Waals surface area contributed by atoms with Gasteiger partial charge in [-0.25, -0.2) is 0 Å². The quantitative estimate of drug-likeness (QED) is 0.127.